The second kappa shape index (κ2) is 9.56. The molecular formula is C19H32N4. The van der Waals surface area contributed by atoms with E-state index in [9.17, 15) is 0 Å². The number of anilines is 1. The fourth-order valence-corrected chi connectivity index (χ4v) is 3.11. The van der Waals surface area contributed by atoms with E-state index in [-0.39, 0.29) is 0 Å². The molecule has 0 amide bonds. The minimum atomic E-state index is 0.538. The molecule has 4 nitrogen and oxygen atoms in total. The molecule has 4 heteroatoms. The molecule has 0 aliphatic heterocycles. The Bertz CT molecular complexity index is 508. The van der Waals surface area contributed by atoms with Crippen LogP contribution in [0.2, 0.25) is 0 Å². The lowest BCUT2D eigenvalue weighted by Gasteiger charge is -2.09. The molecule has 0 atom stereocenters. The van der Waals surface area contributed by atoms with E-state index >= 15 is 0 Å². The number of nitrogens with zero attached hydrogens (tertiary/aromatic N) is 2. The molecule has 0 heterocycles. The maximum atomic E-state index is 5.98. The maximum Gasteiger partial charge on any atom is 0.193 e. The molecule has 0 unspecified atom stereocenters. The molecule has 1 aromatic carbocycles. The SMILES string of the molecule is CN(C)CCCCCCCN=C(N)Nc1ccc2c(c1)CCC2. The minimum absolute atomic E-state index is 0.538. The molecule has 0 radical (unpaired) electrons. The highest BCUT2D eigenvalue weighted by atomic mass is 15.1. The Morgan fingerprint density at radius 2 is 1.83 bits per heavy atom. The molecule has 0 saturated heterocycles. The van der Waals surface area contributed by atoms with Crippen molar-refractivity contribution in [2.75, 3.05) is 32.5 Å². The van der Waals surface area contributed by atoms with E-state index in [1.54, 1.807) is 0 Å². The zero-order valence-electron chi connectivity index (χ0n) is 14.8. The third-order valence-corrected chi connectivity index (χ3v) is 4.42. The highest BCUT2D eigenvalue weighted by Gasteiger charge is 2.10. The number of nitrogens with one attached hydrogen (secondary N) is 1. The quantitative estimate of drug-likeness (QED) is 0.417. The van der Waals surface area contributed by atoms with Gasteiger partial charge in [-0.05, 0) is 76.0 Å². The molecule has 0 bridgehead atoms. The van der Waals surface area contributed by atoms with Crippen molar-refractivity contribution in [1.82, 2.24) is 4.90 Å². The van der Waals surface area contributed by atoms with Crippen molar-refractivity contribution in [3.8, 4) is 0 Å². The highest BCUT2D eigenvalue weighted by molar-refractivity contribution is 5.92. The zero-order chi connectivity index (χ0) is 16.5. The van der Waals surface area contributed by atoms with Crippen LogP contribution < -0.4 is 11.1 Å². The Morgan fingerprint density at radius 1 is 1.09 bits per heavy atom. The van der Waals surface area contributed by atoms with Gasteiger partial charge in [-0.3, -0.25) is 4.99 Å². The molecule has 23 heavy (non-hydrogen) atoms. The normalized spacial score (nSPS) is 14.3. The van der Waals surface area contributed by atoms with Crippen LogP contribution in [0.3, 0.4) is 0 Å². The molecule has 0 saturated carbocycles. The molecule has 0 fully saturated rings. The van der Waals surface area contributed by atoms with Crippen molar-refractivity contribution >= 4 is 11.6 Å². The molecule has 1 aromatic rings. The van der Waals surface area contributed by atoms with Gasteiger partial charge in [0.2, 0.25) is 0 Å². The number of fused-ring (bicyclic) bond motifs is 1. The van der Waals surface area contributed by atoms with E-state index < -0.39 is 0 Å². The van der Waals surface area contributed by atoms with Crippen LogP contribution in [0.1, 0.15) is 49.7 Å². The van der Waals surface area contributed by atoms with Crippen LogP contribution in [-0.2, 0) is 12.8 Å². The Labute approximate surface area is 141 Å². The summed E-state index contributed by atoms with van der Waals surface area (Å²) in [6.07, 6.45) is 9.93. The molecule has 0 spiro atoms. The van der Waals surface area contributed by atoms with Gasteiger partial charge in [-0.15, -0.1) is 0 Å². The van der Waals surface area contributed by atoms with E-state index in [0.29, 0.717) is 5.96 Å². The summed E-state index contributed by atoms with van der Waals surface area (Å²) in [6, 6.07) is 6.54. The summed E-state index contributed by atoms with van der Waals surface area (Å²) in [5.41, 5.74) is 9.99. The Morgan fingerprint density at radius 3 is 2.65 bits per heavy atom. The van der Waals surface area contributed by atoms with Crippen LogP contribution >= 0.6 is 0 Å². The molecule has 2 rings (SSSR count). The predicted octanol–water partition coefficient (Wildman–Crippen LogP) is 3.41. The van der Waals surface area contributed by atoms with Crippen molar-refractivity contribution in [3.63, 3.8) is 0 Å². The monoisotopic (exact) mass is 316 g/mol. The van der Waals surface area contributed by atoms with Gasteiger partial charge in [-0.1, -0.05) is 25.3 Å². The number of nitrogens with two attached hydrogens (primary N) is 1. The van der Waals surface area contributed by atoms with Gasteiger partial charge in [0.05, 0.1) is 0 Å². The van der Waals surface area contributed by atoms with Crippen LogP contribution in [0.4, 0.5) is 5.69 Å². The van der Waals surface area contributed by atoms with Crippen molar-refractivity contribution < 1.29 is 0 Å². The minimum Gasteiger partial charge on any atom is -0.370 e. The van der Waals surface area contributed by atoms with Crippen LogP contribution in [0.25, 0.3) is 0 Å². The summed E-state index contributed by atoms with van der Waals surface area (Å²) in [6.45, 7) is 2.01. The lowest BCUT2D eigenvalue weighted by atomic mass is 10.1. The standard InChI is InChI=1S/C19H32N4/c1-23(2)14-7-5-3-4-6-13-21-19(20)22-18-12-11-16-9-8-10-17(16)15-18/h11-12,15H,3-10,13-14H2,1-2H3,(H3,20,21,22). The van der Waals surface area contributed by atoms with Gasteiger partial charge in [-0.25, -0.2) is 0 Å². The largest absolute Gasteiger partial charge is 0.370 e. The third-order valence-electron chi connectivity index (χ3n) is 4.42. The van der Waals surface area contributed by atoms with E-state index in [1.165, 1.54) is 62.6 Å². The summed E-state index contributed by atoms with van der Waals surface area (Å²) >= 11 is 0. The Kier molecular flexibility index (Phi) is 7.40. The molecule has 3 N–H and O–H groups in total. The van der Waals surface area contributed by atoms with Crippen LogP contribution in [0.5, 0.6) is 0 Å². The van der Waals surface area contributed by atoms with E-state index in [1.807, 2.05) is 0 Å². The number of rotatable bonds is 9. The van der Waals surface area contributed by atoms with Crippen molar-refractivity contribution in [2.45, 2.75) is 51.4 Å². The van der Waals surface area contributed by atoms with Gasteiger partial charge in [0, 0.05) is 12.2 Å². The second-order valence-electron chi connectivity index (χ2n) is 6.80. The third kappa shape index (κ3) is 6.61. The Balaban J connectivity index is 1.60. The maximum absolute atomic E-state index is 5.98. The first-order chi connectivity index (χ1) is 11.1. The number of benzene rings is 1. The first kappa shape index (κ1) is 17.8. The number of guanidine groups is 1. The second-order valence-corrected chi connectivity index (χ2v) is 6.80. The van der Waals surface area contributed by atoms with Gasteiger partial charge in [0.1, 0.15) is 0 Å². The van der Waals surface area contributed by atoms with E-state index in [4.69, 9.17) is 5.73 Å². The van der Waals surface area contributed by atoms with Crippen molar-refractivity contribution in [3.05, 3.63) is 29.3 Å². The van der Waals surface area contributed by atoms with Gasteiger partial charge in [0.25, 0.3) is 0 Å². The van der Waals surface area contributed by atoms with Crippen LogP contribution in [-0.4, -0.2) is 38.0 Å². The lowest BCUT2D eigenvalue weighted by molar-refractivity contribution is 0.390. The van der Waals surface area contributed by atoms with Crippen LogP contribution in [0, 0.1) is 0 Å². The fourth-order valence-electron chi connectivity index (χ4n) is 3.11. The van der Waals surface area contributed by atoms with Gasteiger partial charge < -0.3 is 16.0 Å². The summed E-state index contributed by atoms with van der Waals surface area (Å²) in [5, 5.41) is 3.22. The summed E-state index contributed by atoms with van der Waals surface area (Å²) < 4.78 is 0. The van der Waals surface area contributed by atoms with Gasteiger partial charge >= 0.3 is 0 Å². The number of unbranched alkanes of at least 4 members (excludes halogenated alkanes) is 4. The molecule has 0 aromatic heterocycles. The first-order valence-electron chi connectivity index (χ1n) is 8.98. The number of aryl methyl sites for hydroxylation is 2. The fraction of sp³-hybridized carbons (Fsp3) is 0.632. The van der Waals surface area contributed by atoms with Gasteiger partial charge in [0.15, 0.2) is 5.96 Å². The zero-order valence-corrected chi connectivity index (χ0v) is 14.8. The summed E-state index contributed by atoms with van der Waals surface area (Å²) in [7, 11) is 4.26. The molecule has 1 aliphatic rings. The summed E-state index contributed by atoms with van der Waals surface area (Å²) in [4.78, 5) is 6.68. The summed E-state index contributed by atoms with van der Waals surface area (Å²) in [5.74, 6) is 0.538. The number of aliphatic imine (C=N–C) groups is 1. The Hall–Kier alpha value is -1.55. The van der Waals surface area contributed by atoms with E-state index in [2.05, 4.69) is 47.5 Å². The van der Waals surface area contributed by atoms with Crippen LogP contribution in [0.15, 0.2) is 23.2 Å². The highest BCUT2D eigenvalue weighted by Crippen LogP contribution is 2.24. The molecule has 128 valence electrons. The number of hydrogen-bond acceptors (Lipinski definition) is 2. The average molecular weight is 316 g/mol. The van der Waals surface area contributed by atoms with Crippen molar-refractivity contribution in [1.29, 1.82) is 0 Å². The first-order valence-corrected chi connectivity index (χ1v) is 8.98. The number of hydrogen-bond donors (Lipinski definition) is 2. The van der Waals surface area contributed by atoms with Crippen molar-refractivity contribution in [2.24, 2.45) is 10.7 Å². The smallest absolute Gasteiger partial charge is 0.193 e. The topological polar surface area (TPSA) is 53.6 Å². The molecule has 1 aliphatic carbocycles. The average Bonchev–Trinajstić information content (AvgIpc) is 2.97. The van der Waals surface area contributed by atoms with E-state index in [0.717, 1.165) is 18.7 Å². The van der Waals surface area contributed by atoms with Gasteiger partial charge in [-0.2, -0.15) is 0 Å². The predicted molar refractivity (Wildman–Crippen MR) is 100 cm³/mol. The molecular weight excluding hydrogens is 284 g/mol. The lowest BCUT2D eigenvalue weighted by Crippen LogP contribution is -2.22.